The monoisotopic (exact) mass is 323 g/mol. The number of nitrogens with zero attached hydrogens (tertiary/aromatic N) is 2. The summed E-state index contributed by atoms with van der Waals surface area (Å²) in [7, 11) is 4.12. The fraction of sp³-hybridized carbons (Fsp3) is 0.450. The third-order valence-corrected chi connectivity index (χ3v) is 5.30. The van der Waals surface area contributed by atoms with Crippen LogP contribution in [0.3, 0.4) is 0 Å². The van der Waals surface area contributed by atoms with Crippen molar-refractivity contribution in [2.24, 2.45) is 5.92 Å². The van der Waals surface area contributed by atoms with Crippen LogP contribution in [-0.4, -0.2) is 36.7 Å². The molecule has 2 aliphatic heterocycles. The van der Waals surface area contributed by atoms with Gasteiger partial charge in [0.25, 0.3) is 5.56 Å². The molecule has 1 aromatic heterocycles. The first-order valence-corrected chi connectivity index (χ1v) is 8.81. The Bertz CT molecular complexity index is 809. The molecule has 2 bridgehead atoms. The minimum absolute atomic E-state index is 0.176. The number of hydrogen-bond donors (Lipinski definition) is 1. The number of benzene rings is 1. The molecule has 4 heteroatoms. The topological polar surface area (TPSA) is 37.3 Å². The summed E-state index contributed by atoms with van der Waals surface area (Å²) in [5.41, 5.74) is 4.50. The van der Waals surface area contributed by atoms with E-state index in [2.05, 4.69) is 48.6 Å². The fourth-order valence-electron chi connectivity index (χ4n) is 4.26. The van der Waals surface area contributed by atoms with Gasteiger partial charge in [-0.1, -0.05) is 24.3 Å². The molecule has 1 saturated heterocycles. The highest BCUT2D eigenvalue weighted by Crippen LogP contribution is 2.33. The zero-order valence-electron chi connectivity index (χ0n) is 14.5. The summed E-state index contributed by atoms with van der Waals surface area (Å²) in [6, 6.07) is 12.5. The third-order valence-electron chi connectivity index (χ3n) is 5.30. The molecule has 3 heterocycles. The summed E-state index contributed by atoms with van der Waals surface area (Å²) in [4.78, 5) is 15.4. The van der Waals surface area contributed by atoms with Crippen molar-refractivity contribution in [2.45, 2.75) is 25.4 Å². The highest BCUT2D eigenvalue weighted by atomic mass is 16.1. The molecule has 0 spiro atoms. The van der Waals surface area contributed by atoms with Crippen molar-refractivity contribution < 1.29 is 0 Å². The lowest BCUT2D eigenvalue weighted by Crippen LogP contribution is -2.45. The molecule has 4 nitrogen and oxygen atoms in total. The van der Waals surface area contributed by atoms with Crippen LogP contribution in [0, 0.1) is 5.92 Å². The third kappa shape index (κ3) is 2.70. The Balaban J connectivity index is 1.82. The Kier molecular flexibility index (Phi) is 4.02. The van der Waals surface area contributed by atoms with Gasteiger partial charge < -0.3 is 14.8 Å². The molecule has 4 rings (SSSR count). The van der Waals surface area contributed by atoms with Gasteiger partial charge in [-0.05, 0) is 56.2 Å². The van der Waals surface area contributed by atoms with Crippen molar-refractivity contribution in [2.75, 3.05) is 27.2 Å². The van der Waals surface area contributed by atoms with Crippen molar-refractivity contribution in [1.29, 1.82) is 0 Å². The summed E-state index contributed by atoms with van der Waals surface area (Å²) >= 11 is 0. The van der Waals surface area contributed by atoms with E-state index in [0.29, 0.717) is 11.8 Å². The summed E-state index contributed by atoms with van der Waals surface area (Å²) < 4.78 is 2.04. The fourth-order valence-corrected chi connectivity index (χ4v) is 4.26. The standard InChI is InChI=1S/C20H25N3O/c1-22(2)13-15-5-3-4-6-17(15)18-7-8-19-16-9-14(10-21-11-16)12-23(19)20(18)24/h3-8,14,16,21H,9-13H2,1-2H3/t14-,16+/m0/s1. The van der Waals surface area contributed by atoms with E-state index in [1.165, 1.54) is 17.7 Å². The molecule has 1 aromatic carbocycles. The summed E-state index contributed by atoms with van der Waals surface area (Å²) in [6.07, 6.45) is 1.21. The Labute approximate surface area is 143 Å². The smallest absolute Gasteiger partial charge is 0.258 e. The average Bonchev–Trinajstić information content (AvgIpc) is 2.57. The molecule has 0 amide bonds. The van der Waals surface area contributed by atoms with E-state index in [1.54, 1.807) is 0 Å². The number of rotatable bonds is 3. The first kappa shape index (κ1) is 15.6. The molecule has 2 aromatic rings. The predicted octanol–water partition coefficient (Wildman–Crippen LogP) is 2.28. The van der Waals surface area contributed by atoms with Gasteiger partial charge in [0.1, 0.15) is 0 Å². The van der Waals surface area contributed by atoms with Crippen LogP contribution in [0.5, 0.6) is 0 Å². The molecule has 126 valence electrons. The van der Waals surface area contributed by atoms with Crippen LogP contribution in [0.1, 0.15) is 23.6 Å². The first-order valence-electron chi connectivity index (χ1n) is 8.81. The maximum Gasteiger partial charge on any atom is 0.258 e. The number of aromatic nitrogens is 1. The molecule has 0 radical (unpaired) electrons. The van der Waals surface area contributed by atoms with Crippen LogP contribution < -0.4 is 10.9 Å². The minimum atomic E-state index is 0.176. The highest BCUT2D eigenvalue weighted by molar-refractivity contribution is 5.66. The molecule has 1 fully saturated rings. The van der Waals surface area contributed by atoms with Gasteiger partial charge in [0.05, 0.1) is 0 Å². The molecule has 0 unspecified atom stereocenters. The molecular formula is C20H25N3O. The van der Waals surface area contributed by atoms with Crippen molar-refractivity contribution >= 4 is 0 Å². The Morgan fingerprint density at radius 3 is 2.79 bits per heavy atom. The number of pyridine rings is 1. The largest absolute Gasteiger partial charge is 0.316 e. The molecule has 1 N–H and O–H groups in total. The van der Waals surface area contributed by atoms with Crippen molar-refractivity contribution in [3.63, 3.8) is 0 Å². The normalized spacial score (nSPS) is 22.5. The van der Waals surface area contributed by atoms with E-state index >= 15 is 0 Å². The summed E-state index contributed by atoms with van der Waals surface area (Å²) in [5.74, 6) is 1.07. The molecular weight excluding hydrogens is 298 g/mol. The van der Waals surface area contributed by atoms with E-state index in [9.17, 15) is 4.79 Å². The second-order valence-electron chi connectivity index (χ2n) is 7.44. The lowest BCUT2D eigenvalue weighted by atomic mass is 9.84. The number of fused-ring (bicyclic) bond motifs is 4. The predicted molar refractivity (Wildman–Crippen MR) is 97.2 cm³/mol. The molecule has 2 aliphatic rings. The van der Waals surface area contributed by atoms with Gasteiger partial charge in [-0.25, -0.2) is 0 Å². The van der Waals surface area contributed by atoms with Gasteiger partial charge in [-0.3, -0.25) is 4.79 Å². The summed E-state index contributed by atoms with van der Waals surface area (Å²) in [6.45, 7) is 3.71. The van der Waals surface area contributed by atoms with Gasteiger partial charge in [0.15, 0.2) is 0 Å². The van der Waals surface area contributed by atoms with Gasteiger partial charge in [0.2, 0.25) is 0 Å². The van der Waals surface area contributed by atoms with Crippen molar-refractivity contribution in [3.8, 4) is 11.1 Å². The lowest BCUT2D eigenvalue weighted by Gasteiger charge is -2.37. The molecule has 0 aliphatic carbocycles. The molecule has 0 saturated carbocycles. The number of hydrogen-bond acceptors (Lipinski definition) is 3. The van der Waals surface area contributed by atoms with Gasteiger partial charge in [0, 0.05) is 36.8 Å². The quantitative estimate of drug-likeness (QED) is 0.942. The van der Waals surface area contributed by atoms with Crippen LogP contribution in [0.4, 0.5) is 0 Å². The van der Waals surface area contributed by atoms with E-state index in [1.807, 2.05) is 16.7 Å². The van der Waals surface area contributed by atoms with E-state index in [0.717, 1.165) is 37.3 Å². The number of piperidine rings is 1. The minimum Gasteiger partial charge on any atom is -0.316 e. The maximum absolute atomic E-state index is 13.2. The average molecular weight is 323 g/mol. The maximum atomic E-state index is 13.2. The molecule has 2 atom stereocenters. The van der Waals surface area contributed by atoms with E-state index in [-0.39, 0.29) is 5.56 Å². The van der Waals surface area contributed by atoms with Gasteiger partial charge in [-0.15, -0.1) is 0 Å². The van der Waals surface area contributed by atoms with E-state index < -0.39 is 0 Å². The number of nitrogens with one attached hydrogen (secondary N) is 1. The Morgan fingerprint density at radius 1 is 1.12 bits per heavy atom. The van der Waals surface area contributed by atoms with Gasteiger partial charge in [-0.2, -0.15) is 0 Å². The zero-order chi connectivity index (χ0) is 16.7. The second-order valence-corrected chi connectivity index (χ2v) is 7.44. The second kappa shape index (κ2) is 6.19. The van der Waals surface area contributed by atoms with Gasteiger partial charge >= 0.3 is 0 Å². The van der Waals surface area contributed by atoms with Crippen LogP contribution in [0.25, 0.3) is 11.1 Å². The lowest BCUT2D eigenvalue weighted by molar-refractivity contribution is 0.257. The van der Waals surface area contributed by atoms with Crippen LogP contribution in [0.15, 0.2) is 41.2 Å². The van der Waals surface area contributed by atoms with E-state index in [4.69, 9.17) is 0 Å². The SMILES string of the molecule is CN(C)Cc1ccccc1-c1ccc2n(c1=O)C[C@@H]1CNC[C@H]2C1. The Hall–Kier alpha value is -1.91. The van der Waals surface area contributed by atoms with Crippen LogP contribution >= 0.6 is 0 Å². The van der Waals surface area contributed by atoms with Crippen molar-refractivity contribution in [3.05, 3.63) is 58.0 Å². The van der Waals surface area contributed by atoms with Crippen LogP contribution in [0.2, 0.25) is 0 Å². The zero-order valence-corrected chi connectivity index (χ0v) is 14.5. The summed E-state index contributed by atoms with van der Waals surface area (Å²) in [5, 5.41) is 3.50. The first-order chi connectivity index (χ1) is 11.6. The van der Waals surface area contributed by atoms with Crippen LogP contribution in [-0.2, 0) is 13.1 Å². The molecule has 24 heavy (non-hydrogen) atoms. The Morgan fingerprint density at radius 2 is 1.96 bits per heavy atom. The highest BCUT2D eigenvalue weighted by Gasteiger charge is 2.31. The van der Waals surface area contributed by atoms with Crippen molar-refractivity contribution in [1.82, 2.24) is 14.8 Å².